The number of rotatable bonds is 10. The minimum atomic E-state index is 0.573. The summed E-state index contributed by atoms with van der Waals surface area (Å²) in [6.45, 7) is 14.7. The molecule has 150 valence electrons. The lowest BCUT2D eigenvalue weighted by atomic mass is 10.2. The number of aromatic amines is 1. The average molecular weight is 373 g/mol. The number of nitrogens with zero attached hydrogens (tertiary/aromatic N) is 3. The Balaban J connectivity index is 1.79. The number of benzene rings is 1. The van der Waals surface area contributed by atoms with Crippen LogP contribution >= 0.6 is 0 Å². The molecule has 0 amide bonds. The zero-order chi connectivity index (χ0) is 19.6. The van der Waals surface area contributed by atoms with Crippen molar-refractivity contribution in [3.05, 3.63) is 30.1 Å². The number of guanidine groups is 1. The van der Waals surface area contributed by atoms with E-state index >= 15 is 0 Å². The first-order valence-corrected chi connectivity index (χ1v) is 10.2. The molecule has 0 spiro atoms. The van der Waals surface area contributed by atoms with Gasteiger partial charge in [-0.1, -0.05) is 12.1 Å². The van der Waals surface area contributed by atoms with Crippen LogP contribution in [0, 0.1) is 0 Å². The summed E-state index contributed by atoms with van der Waals surface area (Å²) in [5, 5.41) is 6.74. The van der Waals surface area contributed by atoms with Crippen molar-refractivity contribution in [2.75, 3.05) is 26.2 Å². The molecule has 0 aliphatic carbocycles. The Morgan fingerprint density at radius 1 is 1.15 bits per heavy atom. The largest absolute Gasteiger partial charge is 0.357 e. The van der Waals surface area contributed by atoms with Crippen molar-refractivity contribution in [1.82, 2.24) is 25.5 Å². The molecular formula is C21H36N6. The Hall–Kier alpha value is -2.08. The van der Waals surface area contributed by atoms with Crippen molar-refractivity contribution in [3.63, 3.8) is 0 Å². The van der Waals surface area contributed by atoms with Crippen LogP contribution in [0.3, 0.4) is 0 Å². The summed E-state index contributed by atoms with van der Waals surface area (Å²) < 4.78 is 0. The summed E-state index contributed by atoms with van der Waals surface area (Å²) in [4.78, 5) is 15.2. The second-order valence-electron chi connectivity index (χ2n) is 7.42. The number of aliphatic imine (C=N–C) groups is 1. The number of nitrogens with one attached hydrogen (secondary N) is 3. The quantitative estimate of drug-likeness (QED) is 0.340. The van der Waals surface area contributed by atoms with E-state index in [9.17, 15) is 0 Å². The van der Waals surface area contributed by atoms with Crippen LogP contribution in [0.2, 0.25) is 0 Å². The molecule has 6 heteroatoms. The van der Waals surface area contributed by atoms with Crippen LogP contribution in [-0.4, -0.2) is 59.1 Å². The van der Waals surface area contributed by atoms with Crippen LogP contribution in [0.1, 0.15) is 46.9 Å². The van der Waals surface area contributed by atoms with Gasteiger partial charge in [-0.25, -0.2) is 4.98 Å². The highest BCUT2D eigenvalue weighted by Gasteiger charge is 2.12. The maximum absolute atomic E-state index is 4.72. The molecule has 0 fully saturated rings. The molecule has 0 aliphatic heterocycles. The fourth-order valence-electron chi connectivity index (χ4n) is 3.32. The van der Waals surface area contributed by atoms with Crippen molar-refractivity contribution in [2.24, 2.45) is 4.99 Å². The van der Waals surface area contributed by atoms with Crippen LogP contribution in [-0.2, 0) is 6.42 Å². The van der Waals surface area contributed by atoms with E-state index in [0.717, 1.165) is 61.8 Å². The Kier molecular flexibility index (Phi) is 8.58. The van der Waals surface area contributed by atoms with Crippen LogP contribution in [0.4, 0.5) is 0 Å². The highest BCUT2D eigenvalue weighted by atomic mass is 15.2. The van der Waals surface area contributed by atoms with Gasteiger partial charge >= 0.3 is 0 Å². The zero-order valence-electron chi connectivity index (χ0n) is 17.5. The van der Waals surface area contributed by atoms with E-state index in [1.165, 1.54) is 0 Å². The smallest absolute Gasteiger partial charge is 0.191 e. The van der Waals surface area contributed by atoms with Crippen LogP contribution in [0.25, 0.3) is 11.0 Å². The fourth-order valence-corrected chi connectivity index (χ4v) is 3.32. The lowest BCUT2D eigenvalue weighted by Crippen LogP contribution is -2.39. The van der Waals surface area contributed by atoms with E-state index in [1.54, 1.807) is 0 Å². The van der Waals surface area contributed by atoms with Gasteiger partial charge in [0.1, 0.15) is 5.82 Å². The molecule has 3 N–H and O–H groups in total. The third-order valence-corrected chi connectivity index (χ3v) is 4.61. The van der Waals surface area contributed by atoms with Gasteiger partial charge in [-0.3, -0.25) is 9.89 Å². The third-order valence-electron chi connectivity index (χ3n) is 4.61. The van der Waals surface area contributed by atoms with Crippen LogP contribution in [0.15, 0.2) is 29.3 Å². The Morgan fingerprint density at radius 2 is 1.89 bits per heavy atom. The first-order valence-electron chi connectivity index (χ1n) is 10.2. The van der Waals surface area contributed by atoms with Crippen molar-refractivity contribution >= 4 is 17.0 Å². The van der Waals surface area contributed by atoms with Gasteiger partial charge in [0.2, 0.25) is 0 Å². The molecule has 0 bridgehead atoms. The highest BCUT2D eigenvalue weighted by molar-refractivity contribution is 5.79. The molecule has 0 atom stereocenters. The van der Waals surface area contributed by atoms with Crippen LogP contribution in [0.5, 0.6) is 0 Å². The molecule has 1 aromatic carbocycles. The number of aromatic nitrogens is 2. The number of fused-ring (bicyclic) bond motifs is 1. The molecule has 2 aromatic rings. The summed E-state index contributed by atoms with van der Waals surface area (Å²) >= 11 is 0. The topological polar surface area (TPSA) is 68.3 Å². The maximum atomic E-state index is 4.72. The molecule has 0 radical (unpaired) electrons. The molecule has 0 unspecified atom stereocenters. The van der Waals surface area contributed by atoms with Gasteiger partial charge in [0.25, 0.3) is 0 Å². The number of hydrogen-bond donors (Lipinski definition) is 3. The Morgan fingerprint density at radius 3 is 2.56 bits per heavy atom. The summed E-state index contributed by atoms with van der Waals surface area (Å²) in [5.74, 6) is 1.89. The average Bonchev–Trinajstić information content (AvgIpc) is 3.03. The molecule has 6 nitrogen and oxygen atoms in total. The Bertz CT molecular complexity index is 663. The van der Waals surface area contributed by atoms with Gasteiger partial charge in [-0.15, -0.1) is 0 Å². The van der Waals surface area contributed by atoms with Gasteiger partial charge in [-0.05, 0) is 53.2 Å². The molecule has 1 aromatic heterocycles. The van der Waals surface area contributed by atoms with E-state index in [1.807, 2.05) is 18.2 Å². The van der Waals surface area contributed by atoms with Gasteiger partial charge < -0.3 is 15.6 Å². The second kappa shape index (κ2) is 10.9. The number of hydrogen-bond acceptors (Lipinski definition) is 3. The molecular weight excluding hydrogens is 336 g/mol. The number of H-pyrrole nitrogens is 1. The summed E-state index contributed by atoms with van der Waals surface area (Å²) in [5.41, 5.74) is 2.11. The predicted octanol–water partition coefficient (Wildman–Crippen LogP) is 3.17. The van der Waals surface area contributed by atoms with Crippen molar-refractivity contribution in [3.8, 4) is 0 Å². The molecule has 27 heavy (non-hydrogen) atoms. The number of para-hydroxylation sites is 2. The summed E-state index contributed by atoms with van der Waals surface area (Å²) in [6, 6.07) is 9.28. The normalized spacial score (nSPS) is 12.5. The fraction of sp³-hybridized carbons (Fsp3) is 0.619. The standard InChI is InChI=1S/C21H36N6/c1-6-22-21(23-13-9-15-27(16(2)3)17(4)5)24-14-12-20-25-18-10-7-8-11-19(18)26-20/h7-8,10-11,16-17H,6,9,12-15H2,1-5H3,(H,25,26)(H2,22,23,24). The van der Waals surface area contributed by atoms with E-state index < -0.39 is 0 Å². The van der Waals surface area contributed by atoms with Crippen molar-refractivity contribution < 1.29 is 0 Å². The van der Waals surface area contributed by atoms with E-state index in [-0.39, 0.29) is 0 Å². The summed E-state index contributed by atoms with van der Waals surface area (Å²) in [7, 11) is 0. The monoisotopic (exact) mass is 372 g/mol. The van der Waals surface area contributed by atoms with E-state index in [0.29, 0.717) is 12.1 Å². The van der Waals surface area contributed by atoms with Crippen LogP contribution < -0.4 is 10.6 Å². The Labute approximate surface area is 163 Å². The lowest BCUT2D eigenvalue weighted by molar-refractivity contribution is 0.174. The first kappa shape index (κ1) is 21.2. The summed E-state index contributed by atoms with van der Waals surface area (Å²) in [6.07, 6.45) is 1.91. The van der Waals surface area contributed by atoms with Gasteiger partial charge in [-0.2, -0.15) is 0 Å². The second-order valence-corrected chi connectivity index (χ2v) is 7.42. The lowest BCUT2D eigenvalue weighted by Gasteiger charge is -2.30. The maximum Gasteiger partial charge on any atom is 0.191 e. The molecule has 2 rings (SSSR count). The molecule has 0 saturated heterocycles. The highest BCUT2D eigenvalue weighted by Crippen LogP contribution is 2.10. The first-order chi connectivity index (χ1) is 13.0. The molecule has 0 saturated carbocycles. The van der Waals surface area contributed by atoms with Gasteiger partial charge in [0.05, 0.1) is 11.0 Å². The predicted molar refractivity (Wildman–Crippen MR) is 115 cm³/mol. The SMILES string of the molecule is CCNC(=NCCCN(C(C)C)C(C)C)NCCc1nc2ccccc2[nH]1. The third kappa shape index (κ3) is 6.86. The molecule has 0 aliphatic rings. The van der Waals surface area contributed by atoms with Gasteiger partial charge in [0, 0.05) is 44.7 Å². The minimum absolute atomic E-state index is 0.573. The zero-order valence-corrected chi connectivity index (χ0v) is 17.5. The minimum Gasteiger partial charge on any atom is -0.357 e. The van der Waals surface area contributed by atoms with E-state index in [2.05, 4.69) is 66.2 Å². The van der Waals surface area contributed by atoms with Crippen molar-refractivity contribution in [2.45, 2.75) is 59.5 Å². The van der Waals surface area contributed by atoms with Gasteiger partial charge in [0.15, 0.2) is 5.96 Å². The number of imidazole rings is 1. The van der Waals surface area contributed by atoms with E-state index in [4.69, 9.17) is 4.99 Å². The van der Waals surface area contributed by atoms with Crippen molar-refractivity contribution in [1.29, 1.82) is 0 Å². The molecule has 1 heterocycles.